The Balaban J connectivity index is 0.00000420. The van der Waals surface area contributed by atoms with Crippen molar-refractivity contribution in [2.24, 2.45) is 0 Å². The normalized spacial score (nSPS) is 12.4. The molecule has 7 heteroatoms. The second-order valence-electron chi connectivity index (χ2n) is 7.76. The molecule has 2 rings (SSSR count). The van der Waals surface area contributed by atoms with Crippen LogP contribution in [0.15, 0.2) is 54.6 Å². The minimum atomic E-state index is -0.539. The van der Waals surface area contributed by atoms with Crippen LogP contribution in [0.2, 0.25) is 0 Å². The topological polar surface area (TPSA) is 67.6 Å². The summed E-state index contributed by atoms with van der Waals surface area (Å²) in [5, 5.41) is 12.3. The number of carbonyl (C=O) groups is 1. The maximum atomic E-state index is 12.1. The van der Waals surface area contributed by atoms with Gasteiger partial charge in [-0.1, -0.05) is 30.3 Å². The van der Waals surface area contributed by atoms with Crippen molar-refractivity contribution in [2.45, 2.75) is 31.9 Å². The van der Waals surface area contributed by atoms with Gasteiger partial charge in [-0.05, 0) is 36.8 Å². The third-order valence-corrected chi connectivity index (χ3v) is 4.68. The highest BCUT2D eigenvalue weighted by atomic mass is 35.5. The maximum Gasteiger partial charge on any atom is 0.168 e. The van der Waals surface area contributed by atoms with Gasteiger partial charge in [-0.25, -0.2) is 0 Å². The van der Waals surface area contributed by atoms with Crippen molar-refractivity contribution in [3.05, 3.63) is 65.7 Å². The smallest absolute Gasteiger partial charge is 0.168 e. The molecule has 168 valence electrons. The fourth-order valence-electron chi connectivity index (χ4n) is 2.96. The second-order valence-corrected chi connectivity index (χ2v) is 7.76. The summed E-state index contributed by atoms with van der Waals surface area (Å²) in [6.07, 6.45) is 0.972. The van der Waals surface area contributed by atoms with Crippen LogP contribution in [0.3, 0.4) is 0 Å². The fraction of sp³-hybridized carbons (Fsp3) is 0.435. The molecule has 0 fully saturated rings. The first-order valence-corrected chi connectivity index (χ1v) is 10.0. The summed E-state index contributed by atoms with van der Waals surface area (Å²) in [4.78, 5) is 13.4. The van der Waals surface area contributed by atoms with E-state index in [-0.39, 0.29) is 37.2 Å². The van der Waals surface area contributed by atoms with Crippen LogP contribution >= 0.6 is 0 Å². The molecule has 4 N–H and O–H groups in total. The molecule has 0 radical (unpaired) electrons. The molecule has 0 saturated heterocycles. The molecule has 0 aliphatic rings. The van der Waals surface area contributed by atoms with Crippen LogP contribution in [0.4, 0.5) is 0 Å². The molecule has 0 bridgehead atoms. The van der Waals surface area contributed by atoms with Crippen LogP contribution in [0.25, 0.3) is 0 Å². The Labute approximate surface area is 192 Å². The summed E-state index contributed by atoms with van der Waals surface area (Å²) in [6, 6.07) is 17.9. The van der Waals surface area contributed by atoms with E-state index in [2.05, 4.69) is 24.4 Å². The predicted octanol–water partition coefficient (Wildman–Crippen LogP) is -5.65. The molecule has 2 aromatic rings. The average molecular weight is 457 g/mol. The minimum absolute atomic E-state index is 0. The number of hydrogen-bond acceptors (Lipinski definition) is 3. The van der Waals surface area contributed by atoms with Gasteiger partial charge in [0, 0.05) is 12.0 Å². The Hall–Kier alpha value is -1.63. The summed E-state index contributed by atoms with van der Waals surface area (Å²) in [7, 11) is 4.07. The number of halogens is 2. The van der Waals surface area contributed by atoms with Gasteiger partial charge in [-0.3, -0.25) is 4.79 Å². The molecule has 0 aliphatic carbocycles. The first-order valence-electron chi connectivity index (χ1n) is 10.0. The van der Waals surface area contributed by atoms with Crippen molar-refractivity contribution in [3.63, 3.8) is 0 Å². The lowest BCUT2D eigenvalue weighted by atomic mass is 10.1. The molecule has 30 heavy (non-hydrogen) atoms. The van der Waals surface area contributed by atoms with Gasteiger partial charge in [0.25, 0.3) is 0 Å². The number of rotatable bonds is 12. The number of aliphatic hydroxyl groups excluding tert-OH is 1. The zero-order chi connectivity index (χ0) is 20.4. The van der Waals surface area contributed by atoms with Gasteiger partial charge in [0.1, 0.15) is 25.0 Å². The molecule has 0 aromatic heterocycles. The van der Waals surface area contributed by atoms with Crippen LogP contribution in [0.1, 0.15) is 29.3 Å². The van der Waals surface area contributed by atoms with Crippen LogP contribution in [0.5, 0.6) is 5.75 Å². The number of aliphatic hydroxyl groups is 1. The lowest BCUT2D eigenvalue weighted by Crippen LogP contribution is -3.05. The zero-order valence-electron chi connectivity index (χ0n) is 18.0. The molecule has 2 unspecified atom stereocenters. The van der Waals surface area contributed by atoms with E-state index in [1.807, 2.05) is 32.3 Å². The zero-order valence-corrected chi connectivity index (χ0v) is 19.5. The van der Waals surface area contributed by atoms with Gasteiger partial charge in [-0.2, -0.15) is 0 Å². The van der Waals surface area contributed by atoms with Gasteiger partial charge in [0.2, 0.25) is 0 Å². The maximum absolute atomic E-state index is 12.1. The Morgan fingerprint density at radius 2 is 1.70 bits per heavy atom. The van der Waals surface area contributed by atoms with Gasteiger partial charge >= 0.3 is 0 Å². The number of hydrogen-bond donors (Lipinski definition) is 3. The van der Waals surface area contributed by atoms with E-state index in [0.29, 0.717) is 30.3 Å². The van der Waals surface area contributed by atoms with E-state index < -0.39 is 6.10 Å². The number of ether oxygens (including phenoxy) is 1. The van der Waals surface area contributed by atoms with E-state index in [1.165, 1.54) is 10.5 Å². The number of ketones is 1. The van der Waals surface area contributed by atoms with Crippen LogP contribution in [0, 0.1) is 0 Å². The van der Waals surface area contributed by atoms with Crippen molar-refractivity contribution < 1.29 is 49.7 Å². The monoisotopic (exact) mass is 456 g/mol. The van der Waals surface area contributed by atoms with Gasteiger partial charge in [-0.15, -0.1) is 0 Å². The SMILES string of the molecule is CC(Cc1ccccc1)[NH2+]CC(O)COc1ccc(C(=O)CC[NH+](C)C)cc1.[Cl-].[Cl-]. The third-order valence-electron chi connectivity index (χ3n) is 4.68. The van der Waals surface area contributed by atoms with Gasteiger partial charge in [0.05, 0.1) is 33.1 Å². The van der Waals surface area contributed by atoms with Crippen molar-refractivity contribution in [3.8, 4) is 5.75 Å². The molecule has 0 amide bonds. The number of Topliss-reactive ketones (excluding diaryl/α,β-unsaturated/α-hetero) is 1. The lowest BCUT2D eigenvalue weighted by Gasteiger charge is -2.15. The van der Waals surface area contributed by atoms with E-state index in [0.717, 1.165) is 13.0 Å². The number of benzene rings is 2. The number of quaternary nitrogens is 2. The van der Waals surface area contributed by atoms with Crippen molar-refractivity contribution in [1.29, 1.82) is 0 Å². The summed E-state index contributed by atoms with van der Waals surface area (Å²) >= 11 is 0. The number of nitrogens with two attached hydrogens (primary N) is 1. The Kier molecular flexibility index (Phi) is 14.4. The van der Waals surface area contributed by atoms with E-state index in [9.17, 15) is 9.90 Å². The molecular formula is C23H34Cl2N2O3. The Morgan fingerprint density at radius 3 is 2.30 bits per heavy atom. The largest absolute Gasteiger partial charge is 1.00 e. The molecule has 0 aliphatic heterocycles. The summed E-state index contributed by atoms with van der Waals surface area (Å²) in [5.74, 6) is 0.820. The minimum Gasteiger partial charge on any atom is -1.00 e. The standard InChI is InChI=1S/C23H32N2O3.2ClH/c1-18(15-19-7-5-4-6-8-19)24-16-21(26)17-28-22-11-9-20(10-12-22)23(27)13-14-25(2)3;;/h4-12,18,21,24,26H,13-17H2,1-3H3;2*1H. The average Bonchev–Trinajstić information content (AvgIpc) is 2.70. The van der Waals surface area contributed by atoms with Crippen molar-refractivity contribution in [1.82, 2.24) is 0 Å². The molecule has 0 spiro atoms. The van der Waals surface area contributed by atoms with Crippen LogP contribution in [-0.2, 0) is 6.42 Å². The number of nitrogens with one attached hydrogen (secondary N) is 1. The molecule has 0 saturated carbocycles. The Bertz CT molecular complexity index is 712. The van der Waals surface area contributed by atoms with E-state index >= 15 is 0 Å². The lowest BCUT2D eigenvalue weighted by molar-refractivity contribution is -0.857. The van der Waals surface area contributed by atoms with E-state index in [1.54, 1.807) is 24.3 Å². The van der Waals surface area contributed by atoms with Crippen LogP contribution in [-0.4, -0.2) is 56.8 Å². The van der Waals surface area contributed by atoms with Gasteiger partial charge in [0.15, 0.2) is 5.78 Å². The molecular weight excluding hydrogens is 423 g/mol. The van der Waals surface area contributed by atoms with Crippen molar-refractivity contribution in [2.75, 3.05) is 33.8 Å². The highest BCUT2D eigenvalue weighted by molar-refractivity contribution is 5.96. The third kappa shape index (κ3) is 11.0. The predicted molar refractivity (Wildman–Crippen MR) is 111 cm³/mol. The summed E-state index contributed by atoms with van der Waals surface area (Å²) in [6.45, 7) is 3.82. The van der Waals surface area contributed by atoms with Crippen molar-refractivity contribution >= 4 is 5.78 Å². The quantitative estimate of drug-likeness (QED) is 0.279. The number of carbonyl (C=O) groups excluding carboxylic acids is 1. The second kappa shape index (κ2) is 15.2. The summed E-state index contributed by atoms with van der Waals surface area (Å²) < 4.78 is 5.67. The Morgan fingerprint density at radius 1 is 1.07 bits per heavy atom. The molecule has 5 nitrogen and oxygen atoms in total. The van der Waals surface area contributed by atoms with E-state index in [4.69, 9.17) is 4.74 Å². The molecule has 2 aromatic carbocycles. The first-order chi connectivity index (χ1) is 13.4. The first kappa shape index (κ1) is 28.4. The fourth-order valence-corrected chi connectivity index (χ4v) is 2.96. The molecule has 2 atom stereocenters. The highest BCUT2D eigenvalue weighted by Crippen LogP contribution is 2.13. The summed E-state index contributed by atoms with van der Waals surface area (Å²) in [5.41, 5.74) is 2.01. The molecule has 0 heterocycles. The van der Waals surface area contributed by atoms with Crippen LogP contribution < -0.4 is 39.8 Å². The highest BCUT2D eigenvalue weighted by Gasteiger charge is 2.13. The van der Waals surface area contributed by atoms with Gasteiger partial charge < -0.3 is 44.9 Å².